The van der Waals surface area contributed by atoms with Crippen LogP contribution in [0.3, 0.4) is 0 Å². The molecular formula is C11H14F2O. The van der Waals surface area contributed by atoms with Crippen LogP contribution in [0, 0.1) is 0 Å². The van der Waals surface area contributed by atoms with Gasteiger partial charge in [0.15, 0.2) is 0 Å². The number of unbranched alkanes of at least 4 members (excludes halogenated alkanes) is 1. The highest BCUT2D eigenvalue weighted by atomic mass is 19.3. The van der Waals surface area contributed by atoms with Gasteiger partial charge in [0.05, 0.1) is 0 Å². The predicted molar refractivity (Wildman–Crippen MR) is 51.3 cm³/mol. The second-order valence-electron chi connectivity index (χ2n) is 3.25. The van der Waals surface area contributed by atoms with Crippen LogP contribution in [-0.2, 0) is 5.92 Å². The molecule has 0 aliphatic carbocycles. The van der Waals surface area contributed by atoms with E-state index in [4.69, 9.17) is 5.11 Å². The van der Waals surface area contributed by atoms with Crippen molar-refractivity contribution in [1.82, 2.24) is 0 Å². The Kier molecular flexibility index (Phi) is 4.01. The van der Waals surface area contributed by atoms with Gasteiger partial charge < -0.3 is 5.11 Å². The van der Waals surface area contributed by atoms with Crippen LogP contribution in [0.2, 0.25) is 0 Å². The molecule has 78 valence electrons. The Hall–Kier alpha value is -0.960. The summed E-state index contributed by atoms with van der Waals surface area (Å²) in [6.07, 6.45) is 0.582. The van der Waals surface area contributed by atoms with Crippen molar-refractivity contribution in [1.29, 1.82) is 0 Å². The van der Waals surface area contributed by atoms with Gasteiger partial charge in [-0.1, -0.05) is 30.3 Å². The summed E-state index contributed by atoms with van der Waals surface area (Å²) >= 11 is 0. The Balaban J connectivity index is 2.56. The van der Waals surface area contributed by atoms with Crippen LogP contribution < -0.4 is 0 Å². The SMILES string of the molecule is OCCCCC(F)(F)c1ccccc1. The average Bonchev–Trinajstić information content (AvgIpc) is 2.19. The zero-order valence-corrected chi connectivity index (χ0v) is 7.92. The zero-order valence-electron chi connectivity index (χ0n) is 7.92. The lowest BCUT2D eigenvalue weighted by Crippen LogP contribution is -2.13. The summed E-state index contributed by atoms with van der Waals surface area (Å²) in [5, 5.41) is 8.49. The molecule has 0 aliphatic heterocycles. The largest absolute Gasteiger partial charge is 0.396 e. The third kappa shape index (κ3) is 3.07. The molecule has 0 bridgehead atoms. The number of alkyl halides is 2. The van der Waals surface area contributed by atoms with E-state index >= 15 is 0 Å². The summed E-state index contributed by atoms with van der Waals surface area (Å²) in [6.45, 7) is -0.0229. The van der Waals surface area contributed by atoms with Crippen LogP contribution in [0.25, 0.3) is 0 Å². The molecule has 1 aromatic carbocycles. The van der Waals surface area contributed by atoms with Gasteiger partial charge in [0.2, 0.25) is 0 Å². The maximum Gasteiger partial charge on any atom is 0.273 e. The molecule has 0 amide bonds. The van der Waals surface area contributed by atoms with Crippen LogP contribution >= 0.6 is 0 Å². The van der Waals surface area contributed by atoms with Gasteiger partial charge in [-0.3, -0.25) is 0 Å². The lowest BCUT2D eigenvalue weighted by molar-refractivity contribution is -0.0165. The number of benzene rings is 1. The minimum Gasteiger partial charge on any atom is -0.396 e. The molecule has 1 aromatic rings. The zero-order chi connectivity index (χ0) is 10.4. The van der Waals surface area contributed by atoms with Crippen molar-refractivity contribution >= 4 is 0 Å². The van der Waals surface area contributed by atoms with E-state index in [-0.39, 0.29) is 18.6 Å². The molecule has 0 saturated heterocycles. The van der Waals surface area contributed by atoms with Crippen molar-refractivity contribution in [3.63, 3.8) is 0 Å². The molecule has 0 saturated carbocycles. The Labute approximate surface area is 82.4 Å². The highest BCUT2D eigenvalue weighted by Crippen LogP contribution is 2.32. The molecular weight excluding hydrogens is 186 g/mol. The second kappa shape index (κ2) is 5.05. The molecule has 1 rings (SSSR count). The van der Waals surface area contributed by atoms with Crippen LogP contribution in [0.5, 0.6) is 0 Å². The third-order valence-corrected chi connectivity index (χ3v) is 2.10. The maximum atomic E-state index is 13.4. The average molecular weight is 200 g/mol. The first-order valence-electron chi connectivity index (χ1n) is 4.71. The maximum absolute atomic E-state index is 13.4. The predicted octanol–water partition coefficient (Wildman–Crippen LogP) is 2.94. The van der Waals surface area contributed by atoms with Gasteiger partial charge in [0.25, 0.3) is 5.92 Å². The van der Waals surface area contributed by atoms with E-state index in [9.17, 15) is 8.78 Å². The van der Waals surface area contributed by atoms with E-state index < -0.39 is 5.92 Å². The summed E-state index contributed by atoms with van der Waals surface area (Å²) < 4.78 is 26.8. The monoisotopic (exact) mass is 200 g/mol. The molecule has 0 aliphatic rings. The van der Waals surface area contributed by atoms with Crippen molar-refractivity contribution in [2.45, 2.75) is 25.2 Å². The quantitative estimate of drug-likeness (QED) is 0.724. The number of hydrogen-bond acceptors (Lipinski definition) is 1. The summed E-state index contributed by atoms with van der Waals surface area (Å²) in [7, 11) is 0. The van der Waals surface area contributed by atoms with E-state index in [0.717, 1.165) is 0 Å². The molecule has 0 heterocycles. The fourth-order valence-corrected chi connectivity index (χ4v) is 1.29. The first-order valence-corrected chi connectivity index (χ1v) is 4.71. The first-order chi connectivity index (χ1) is 6.67. The number of aliphatic hydroxyl groups is 1. The smallest absolute Gasteiger partial charge is 0.273 e. The van der Waals surface area contributed by atoms with Gasteiger partial charge in [-0.2, -0.15) is 0 Å². The van der Waals surface area contributed by atoms with Crippen LogP contribution in [0.1, 0.15) is 24.8 Å². The van der Waals surface area contributed by atoms with Gasteiger partial charge in [-0.05, 0) is 12.8 Å². The number of halogens is 2. The van der Waals surface area contributed by atoms with Gasteiger partial charge in [-0.25, -0.2) is 8.78 Å². The van der Waals surface area contributed by atoms with Crippen molar-refractivity contribution in [2.24, 2.45) is 0 Å². The van der Waals surface area contributed by atoms with Crippen molar-refractivity contribution in [3.05, 3.63) is 35.9 Å². The number of hydrogen-bond donors (Lipinski definition) is 1. The van der Waals surface area contributed by atoms with E-state index in [0.29, 0.717) is 12.8 Å². The van der Waals surface area contributed by atoms with Crippen molar-refractivity contribution in [2.75, 3.05) is 6.61 Å². The fraction of sp³-hybridized carbons (Fsp3) is 0.455. The third-order valence-electron chi connectivity index (χ3n) is 2.10. The minimum absolute atomic E-state index is 0.0229. The van der Waals surface area contributed by atoms with E-state index in [1.54, 1.807) is 18.2 Å². The Morgan fingerprint density at radius 1 is 1.07 bits per heavy atom. The molecule has 0 unspecified atom stereocenters. The van der Waals surface area contributed by atoms with Gasteiger partial charge in [0.1, 0.15) is 0 Å². The van der Waals surface area contributed by atoms with E-state index in [2.05, 4.69) is 0 Å². The lowest BCUT2D eigenvalue weighted by Gasteiger charge is -2.15. The molecule has 0 aromatic heterocycles. The molecule has 1 nitrogen and oxygen atoms in total. The summed E-state index contributed by atoms with van der Waals surface area (Å²) in [5.41, 5.74) is 0.0536. The van der Waals surface area contributed by atoms with E-state index in [1.807, 2.05) is 0 Å². The summed E-state index contributed by atoms with van der Waals surface area (Å²) in [4.78, 5) is 0. The molecule has 0 radical (unpaired) electrons. The Bertz CT molecular complexity index is 259. The normalized spacial score (nSPS) is 11.6. The Morgan fingerprint density at radius 2 is 1.71 bits per heavy atom. The number of rotatable bonds is 5. The Morgan fingerprint density at radius 3 is 2.29 bits per heavy atom. The van der Waals surface area contributed by atoms with E-state index in [1.165, 1.54) is 12.1 Å². The second-order valence-corrected chi connectivity index (χ2v) is 3.25. The first kappa shape index (κ1) is 11.1. The summed E-state index contributed by atoms with van der Waals surface area (Å²) in [6, 6.07) is 7.79. The molecule has 0 fully saturated rings. The minimum atomic E-state index is -2.77. The number of aliphatic hydroxyl groups excluding tert-OH is 1. The fourth-order valence-electron chi connectivity index (χ4n) is 1.29. The van der Waals surface area contributed by atoms with Crippen LogP contribution in [0.4, 0.5) is 8.78 Å². The molecule has 0 spiro atoms. The highest BCUT2D eigenvalue weighted by Gasteiger charge is 2.29. The molecule has 0 atom stereocenters. The van der Waals surface area contributed by atoms with Crippen molar-refractivity contribution < 1.29 is 13.9 Å². The highest BCUT2D eigenvalue weighted by molar-refractivity contribution is 5.19. The molecule has 14 heavy (non-hydrogen) atoms. The van der Waals surface area contributed by atoms with Crippen molar-refractivity contribution in [3.8, 4) is 0 Å². The lowest BCUT2D eigenvalue weighted by atomic mass is 10.0. The standard InChI is InChI=1S/C11H14F2O/c12-11(13,8-4-5-9-14)10-6-2-1-3-7-10/h1-3,6-7,14H,4-5,8-9H2. The molecule has 3 heteroatoms. The van der Waals surface area contributed by atoms with Gasteiger partial charge >= 0.3 is 0 Å². The van der Waals surface area contributed by atoms with Gasteiger partial charge in [-0.15, -0.1) is 0 Å². The molecule has 1 N–H and O–H groups in total. The van der Waals surface area contributed by atoms with Gasteiger partial charge in [0, 0.05) is 18.6 Å². The topological polar surface area (TPSA) is 20.2 Å². The summed E-state index contributed by atoms with van der Waals surface area (Å²) in [5.74, 6) is -2.77. The van der Waals surface area contributed by atoms with Crippen LogP contribution in [0.15, 0.2) is 30.3 Å². The van der Waals surface area contributed by atoms with Crippen LogP contribution in [-0.4, -0.2) is 11.7 Å².